The zero-order chi connectivity index (χ0) is 27.6. The fourth-order valence-corrected chi connectivity index (χ4v) is 5.54. The maximum atomic E-state index is 14.0. The number of nitrogens with one attached hydrogen (secondary N) is 1. The number of hydrazone groups is 1. The molecule has 1 N–H and O–H groups in total. The Kier molecular flexibility index (Phi) is 7.03. The van der Waals surface area contributed by atoms with Gasteiger partial charge in [-0.15, -0.1) is 0 Å². The van der Waals surface area contributed by atoms with Crippen molar-refractivity contribution in [1.82, 2.24) is 9.99 Å². The molecule has 0 radical (unpaired) electrons. The number of halogens is 1. The number of ether oxygens (including phenoxy) is 1. The van der Waals surface area contributed by atoms with Crippen LogP contribution in [0.2, 0.25) is 5.02 Å². The van der Waals surface area contributed by atoms with E-state index in [1.807, 2.05) is 97.1 Å². The first-order valence-corrected chi connectivity index (χ1v) is 13.4. The Balaban J connectivity index is 1.55. The zero-order valence-electron chi connectivity index (χ0n) is 21.8. The Labute approximate surface area is 236 Å². The van der Waals surface area contributed by atoms with E-state index >= 15 is 0 Å². The molecule has 2 heterocycles. The minimum atomic E-state index is -0.849. The first-order chi connectivity index (χ1) is 19.5. The van der Waals surface area contributed by atoms with E-state index < -0.39 is 12.1 Å². The second-order valence-corrected chi connectivity index (χ2v) is 10.1. The van der Waals surface area contributed by atoms with Crippen molar-refractivity contribution in [2.45, 2.75) is 18.6 Å². The first kappa shape index (κ1) is 25.7. The number of aromatic nitrogens is 1. The van der Waals surface area contributed by atoms with Crippen LogP contribution in [0.4, 0.5) is 0 Å². The van der Waals surface area contributed by atoms with E-state index in [4.69, 9.17) is 21.4 Å². The van der Waals surface area contributed by atoms with Crippen LogP contribution in [0.3, 0.4) is 0 Å². The van der Waals surface area contributed by atoms with E-state index in [1.54, 1.807) is 12.1 Å². The van der Waals surface area contributed by atoms with Gasteiger partial charge in [-0.05, 0) is 34.9 Å². The molecule has 1 aliphatic rings. The van der Waals surface area contributed by atoms with E-state index in [9.17, 15) is 9.59 Å². The van der Waals surface area contributed by atoms with E-state index in [1.165, 1.54) is 12.1 Å². The molecule has 0 saturated carbocycles. The van der Waals surface area contributed by atoms with Gasteiger partial charge >= 0.3 is 0 Å². The molecule has 198 valence electrons. The number of pyridine rings is 1. The molecule has 1 aromatic heterocycles. The normalized spacial score (nSPS) is 15.7. The van der Waals surface area contributed by atoms with Crippen LogP contribution in [0.1, 0.15) is 35.3 Å². The standard InChI is InChI=1S/C33H26ClN3O3/c1-40-31(23-15-9-4-10-16-23)33(39)37-28(21-11-5-2-6-12-21)20-27(36-37)30-29(22-13-7-3-8-14-22)25-19-24(34)17-18-26(25)35-32(30)38/h2-19,28,31H,20H2,1H3,(H,35,38)/t28-,31+/m0/s1. The van der Waals surface area contributed by atoms with E-state index in [2.05, 4.69) is 4.98 Å². The van der Waals surface area contributed by atoms with Crippen LogP contribution in [0.15, 0.2) is 119 Å². The Morgan fingerprint density at radius 1 is 0.925 bits per heavy atom. The highest BCUT2D eigenvalue weighted by Gasteiger charge is 2.38. The van der Waals surface area contributed by atoms with Gasteiger partial charge in [-0.1, -0.05) is 103 Å². The number of H-pyrrole nitrogens is 1. The molecule has 0 spiro atoms. The van der Waals surface area contributed by atoms with Gasteiger partial charge in [-0.2, -0.15) is 5.10 Å². The largest absolute Gasteiger partial charge is 0.367 e. The third-order valence-corrected chi connectivity index (χ3v) is 7.45. The van der Waals surface area contributed by atoms with Gasteiger partial charge in [0.1, 0.15) is 0 Å². The molecule has 5 aromatic rings. The number of carbonyl (C=O) groups excluding carboxylic acids is 1. The number of hydrogen-bond donors (Lipinski definition) is 1. The molecule has 0 aliphatic carbocycles. The van der Waals surface area contributed by atoms with Crippen LogP contribution in [0.25, 0.3) is 22.0 Å². The van der Waals surface area contributed by atoms with Crippen molar-refractivity contribution in [3.8, 4) is 11.1 Å². The topological polar surface area (TPSA) is 74.8 Å². The number of benzene rings is 4. The number of fused-ring (bicyclic) bond motifs is 1. The van der Waals surface area contributed by atoms with Gasteiger partial charge in [0.05, 0.1) is 17.3 Å². The number of aromatic amines is 1. The summed E-state index contributed by atoms with van der Waals surface area (Å²) in [4.78, 5) is 30.8. The van der Waals surface area contributed by atoms with Crippen LogP contribution >= 0.6 is 11.6 Å². The molecule has 0 fully saturated rings. The average Bonchev–Trinajstić information content (AvgIpc) is 3.44. The van der Waals surface area contributed by atoms with Gasteiger partial charge in [-0.25, -0.2) is 5.01 Å². The lowest BCUT2D eigenvalue weighted by Gasteiger charge is -2.26. The van der Waals surface area contributed by atoms with Crippen molar-refractivity contribution in [1.29, 1.82) is 0 Å². The van der Waals surface area contributed by atoms with Crippen molar-refractivity contribution in [2.75, 3.05) is 7.11 Å². The second-order valence-electron chi connectivity index (χ2n) is 9.65. The Hall–Kier alpha value is -4.52. The Morgan fingerprint density at radius 3 is 2.25 bits per heavy atom. The number of carbonyl (C=O) groups is 1. The molecule has 6 rings (SSSR count). The third-order valence-electron chi connectivity index (χ3n) is 7.21. The summed E-state index contributed by atoms with van der Waals surface area (Å²) < 4.78 is 5.68. The van der Waals surface area contributed by atoms with Crippen LogP contribution in [0, 0.1) is 0 Å². The maximum Gasteiger partial charge on any atom is 0.276 e. The van der Waals surface area contributed by atoms with Gasteiger partial charge in [0.15, 0.2) is 6.10 Å². The summed E-state index contributed by atoms with van der Waals surface area (Å²) in [7, 11) is 1.51. The molecule has 1 amide bonds. The van der Waals surface area contributed by atoms with E-state index in [0.717, 1.165) is 27.6 Å². The molecule has 0 unspecified atom stereocenters. The highest BCUT2D eigenvalue weighted by atomic mass is 35.5. The zero-order valence-corrected chi connectivity index (χ0v) is 22.5. The van der Waals surface area contributed by atoms with Crippen molar-refractivity contribution < 1.29 is 9.53 Å². The molecule has 4 aromatic carbocycles. The minimum Gasteiger partial charge on any atom is -0.367 e. The minimum absolute atomic E-state index is 0.278. The second kappa shape index (κ2) is 10.9. The van der Waals surface area contributed by atoms with Gasteiger partial charge < -0.3 is 9.72 Å². The van der Waals surface area contributed by atoms with E-state index in [0.29, 0.717) is 28.2 Å². The van der Waals surface area contributed by atoms with Crippen molar-refractivity contribution in [3.05, 3.63) is 141 Å². The first-order valence-electron chi connectivity index (χ1n) is 13.0. The van der Waals surface area contributed by atoms with Crippen molar-refractivity contribution in [2.24, 2.45) is 5.10 Å². The van der Waals surface area contributed by atoms with Crippen LogP contribution in [-0.4, -0.2) is 28.7 Å². The van der Waals surface area contributed by atoms with Gasteiger partial charge in [0.25, 0.3) is 11.5 Å². The smallest absolute Gasteiger partial charge is 0.276 e. The monoisotopic (exact) mass is 547 g/mol. The molecule has 40 heavy (non-hydrogen) atoms. The van der Waals surface area contributed by atoms with Crippen molar-refractivity contribution in [3.63, 3.8) is 0 Å². The van der Waals surface area contributed by atoms with Gasteiger partial charge in [0, 0.05) is 35.0 Å². The summed E-state index contributed by atoms with van der Waals surface area (Å²) in [6, 6.07) is 33.8. The van der Waals surface area contributed by atoms with Crippen LogP contribution in [-0.2, 0) is 9.53 Å². The summed E-state index contributed by atoms with van der Waals surface area (Å²) in [5.74, 6) is -0.306. The van der Waals surface area contributed by atoms with Crippen LogP contribution in [0.5, 0.6) is 0 Å². The lowest BCUT2D eigenvalue weighted by Crippen LogP contribution is -2.32. The fourth-order valence-electron chi connectivity index (χ4n) is 5.37. The van der Waals surface area contributed by atoms with Crippen LogP contribution < -0.4 is 5.56 Å². The summed E-state index contributed by atoms with van der Waals surface area (Å²) in [6.45, 7) is 0. The molecular formula is C33H26ClN3O3. The highest BCUT2D eigenvalue weighted by molar-refractivity contribution is 6.31. The highest BCUT2D eigenvalue weighted by Crippen LogP contribution is 2.38. The van der Waals surface area contributed by atoms with Gasteiger partial charge in [0.2, 0.25) is 0 Å². The predicted molar refractivity (Wildman–Crippen MR) is 158 cm³/mol. The molecule has 0 bridgehead atoms. The molecule has 7 heteroatoms. The Bertz CT molecular complexity index is 1770. The quantitative estimate of drug-likeness (QED) is 0.251. The number of nitrogens with zero attached hydrogens (tertiary/aromatic N) is 2. The molecule has 1 aliphatic heterocycles. The fraction of sp³-hybridized carbons (Fsp3) is 0.121. The molecule has 2 atom stereocenters. The predicted octanol–water partition coefficient (Wildman–Crippen LogP) is 6.91. The number of rotatable bonds is 6. The molecule has 6 nitrogen and oxygen atoms in total. The summed E-state index contributed by atoms with van der Waals surface area (Å²) >= 11 is 6.42. The Morgan fingerprint density at radius 2 is 1.57 bits per heavy atom. The lowest BCUT2D eigenvalue weighted by molar-refractivity contribution is -0.144. The van der Waals surface area contributed by atoms with Gasteiger partial charge in [-0.3, -0.25) is 9.59 Å². The SMILES string of the molecule is CO[C@@H](C(=O)N1N=C(c2c(-c3ccccc3)c3cc(Cl)ccc3[nH]c2=O)C[C@H]1c1ccccc1)c1ccccc1. The summed E-state index contributed by atoms with van der Waals surface area (Å²) in [5, 5.41) is 7.69. The third kappa shape index (κ3) is 4.72. The summed E-state index contributed by atoms with van der Waals surface area (Å²) in [6.07, 6.45) is -0.492. The summed E-state index contributed by atoms with van der Waals surface area (Å²) in [5.41, 5.74) is 4.57. The number of hydrogen-bond acceptors (Lipinski definition) is 4. The van der Waals surface area contributed by atoms with Crippen molar-refractivity contribution >= 4 is 34.1 Å². The molecule has 0 saturated heterocycles. The lowest BCUT2D eigenvalue weighted by atomic mass is 9.91. The number of methoxy groups -OCH3 is 1. The maximum absolute atomic E-state index is 14.0. The average molecular weight is 548 g/mol. The van der Waals surface area contributed by atoms with E-state index in [-0.39, 0.29) is 11.5 Å². The number of amides is 1. The molecular weight excluding hydrogens is 522 g/mol.